The maximum atomic E-state index is 12.9. The van der Waals surface area contributed by atoms with Crippen LogP contribution in [-0.2, 0) is 20.9 Å². The van der Waals surface area contributed by atoms with Gasteiger partial charge in [-0.3, -0.25) is 4.90 Å². The molecule has 0 amide bonds. The van der Waals surface area contributed by atoms with Gasteiger partial charge in [-0.25, -0.2) is 8.42 Å². The molecule has 0 saturated heterocycles. The van der Waals surface area contributed by atoms with Gasteiger partial charge in [0.15, 0.2) is 0 Å². The van der Waals surface area contributed by atoms with E-state index in [4.69, 9.17) is 4.74 Å². The molecule has 1 saturated carbocycles. The molecule has 5 nitrogen and oxygen atoms in total. The Hall–Kier alpha value is -1.42. The van der Waals surface area contributed by atoms with Gasteiger partial charge >= 0.3 is 6.18 Å². The fourth-order valence-electron chi connectivity index (χ4n) is 4.69. The van der Waals surface area contributed by atoms with Crippen LogP contribution in [0.5, 0.6) is 0 Å². The number of benzene rings is 1. The first-order valence-electron chi connectivity index (χ1n) is 12.3. The maximum absolute atomic E-state index is 12.9. The Kier molecular flexibility index (Phi) is 10.0. The number of ether oxygens (including phenoxy) is 1. The van der Waals surface area contributed by atoms with E-state index in [0.29, 0.717) is 12.8 Å². The van der Waals surface area contributed by atoms with Crippen molar-refractivity contribution in [3.8, 4) is 0 Å². The molecule has 0 radical (unpaired) electrons. The van der Waals surface area contributed by atoms with Crippen molar-refractivity contribution in [3.63, 3.8) is 0 Å². The zero-order valence-corrected chi connectivity index (χ0v) is 20.8. The molecule has 0 aromatic heterocycles. The smallest absolute Gasteiger partial charge is 0.378 e. The Balaban J connectivity index is 1.33. The first kappa shape index (κ1) is 27.2. The highest BCUT2D eigenvalue weighted by molar-refractivity contribution is 7.89. The zero-order valence-electron chi connectivity index (χ0n) is 20.0. The number of hydrogen-bond acceptors (Lipinski definition) is 4. The standard InChI is InChI=1S/C25H37F3N2O3S/c1-29(34(31,32)24-15-9-21(10-16-24)25(26,27)28)22-11-13-23(14-12-22)33-20-8-3-2-5-17-30-18-6-4-7-19-30/h4,6,9-10,15-16,22-23H,2-3,5,7-8,11-14,17-20H2,1H3. The summed E-state index contributed by atoms with van der Waals surface area (Å²) >= 11 is 0. The highest BCUT2D eigenvalue weighted by Crippen LogP contribution is 2.32. The van der Waals surface area contributed by atoms with Gasteiger partial charge in [0, 0.05) is 32.8 Å². The van der Waals surface area contributed by atoms with Gasteiger partial charge in [0.25, 0.3) is 0 Å². The second-order valence-electron chi connectivity index (χ2n) is 9.32. The SMILES string of the molecule is CN(C1CCC(OCCCCCCN2CC=CCC2)CC1)S(=O)(=O)c1ccc(C(F)(F)F)cc1. The minimum absolute atomic E-state index is 0.113. The van der Waals surface area contributed by atoms with Gasteiger partial charge in [0.1, 0.15) is 0 Å². The van der Waals surface area contributed by atoms with Gasteiger partial charge in [-0.2, -0.15) is 17.5 Å². The molecule has 34 heavy (non-hydrogen) atoms. The minimum atomic E-state index is -4.49. The summed E-state index contributed by atoms with van der Waals surface area (Å²) in [6.07, 6.45) is 8.90. The van der Waals surface area contributed by atoms with Crippen molar-refractivity contribution in [2.24, 2.45) is 0 Å². The molecule has 2 aliphatic rings. The Morgan fingerprint density at radius 3 is 2.29 bits per heavy atom. The zero-order chi connectivity index (χ0) is 24.6. The third-order valence-corrected chi connectivity index (χ3v) is 8.81. The molecule has 3 rings (SSSR count). The lowest BCUT2D eigenvalue weighted by Crippen LogP contribution is -2.40. The van der Waals surface area contributed by atoms with Crippen molar-refractivity contribution in [2.45, 2.75) is 81.0 Å². The second kappa shape index (κ2) is 12.5. The number of unbranched alkanes of at least 4 members (excludes halogenated alkanes) is 3. The molecular formula is C25H37F3N2O3S. The summed E-state index contributed by atoms with van der Waals surface area (Å²) in [5, 5.41) is 0. The van der Waals surface area contributed by atoms with Gasteiger partial charge in [-0.15, -0.1) is 0 Å². The average Bonchev–Trinajstić information content (AvgIpc) is 2.83. The lowest BCUT2D eigenvalue weighted by atomic mass is 9.93. The van der Waals surface area contributed by atoms with E-state index in [1.165, 1.54) is 30.7 Å². The van der Waals surface area contributed by atoms with E-state index in [1.807, 2.05) is 0 Å². The molecule has 0 N–H and O–H groups in total. The molecule has 192 valence electrons. The van der Waals surface area contributed by atoms with Crippen LogP contribution < -0.4 is 0 Å². The van der Waals surface area contributed by atoms with E-state index in [9.17, 15) is 21.6 Å². The molecule has 0 spiro atoms. The van der Waals surface area contributed by atoms with Crippen molar-refractivity contribution in [3.05, 3.63) is 42.0 Å². The average molecular weight is 503 g/mol. The Morgan fingerprint density at radius 2 is 1.68 bits per heavy atom. The largest absolute Gasteiger partial charge is 0.416 e. The predicted molar refractivity (Wildman–Crippen MR) is 127 cm³/mol. The third-order valence-electron chi connectivity index (χ3n) is 6.88. The molecule has 0 unspecified atom stereocenters. The van der Waals surface area contributed by atoms with Crippen molar-refractivity contribution in [2.75, 3.05) is 33.3 Å². The molecule has 1 heterocycles. The summed E-state index contributed by atoms with van der Waals surface area (Å²) in [4.78, 5) is 2.38. The molecule has 1 aromatic carbocycles. The molecule has 1 aliphatic carbocycles. The summed E-state index contributed by atoms with van der Waals surface area (Å²) in [5.41, 5.74) is -0.855. The predicted octanol–water partition coefficient (Wildman–Crippen LogP) is 5.48. The van der Waals surface area contributed by atoms with Crippen LogP contribution in [0.25, 0.3) is 0 Å². The molecule has 0 bridgehead atoms. The van der Waals surface area contributed by atoms with E-state index >= 15 is 0 Å². The number of alkyl halides is 3. The summed E-state index contributed by atoms with van der Waals surface area (Å²) in [6, 6.07) is 3.53. The van der Waals surface area contributed by atoms with Crippen LogP contribution in [0.4, 0.5) is 13.2 Å². The lowest BCUT2D eigenvalue weighted by Gasteiger charge is -2.34. The van der Waals surface area contributed by atoms with E-state index in [0.717, 1.165) is 76.1 Å². The van der Waals surface area contributed by atoms with Crippen LogP contribution in [0, 0.1) is 0 Å². The molecule has 1 fully saturated rings. The Bertz CT molecular complexity index is 880. The van der Waals surface area contributed by atoms with Crippen molar-refractivity contribution in [1.82, 2.24) is 9.21 Å². The summed E-state index contributed by atoms with van der Waals surface area (Å²) in [7, 11) is -2.33. The molecule has 1 aliphatic heterocycles. The molecule has 9 heteroatoms. The molecule has 1 aromatic rings. The Morgan fingerprint density at radius 1 is 1.00 bits per heavy atom. The molecular weight excluding hydrogens is 465 g/mol. The van der Waals surface area contributed by atoms with Crippen molar-refractivity contribution < 1.29 is 26.3 Å². The van der Waals surface area contributed by atoms with Crippen LogP contribution in [-0.4, -0.2) is 63.1 Å². The number of sulfonamides is 1. The molecule has 0 atom stereocenters. The van der Waals surface area contributed by atoms with Crippen LogP contribution in [0.1, 0.15) is 63.4 Å². The monoisotopic (exact) mass is 502 g/mol. The normalized spacial score (nSPS) is 22.4. The maximum Gasteiger partial charge on any atom is 0.416 e. The van der Waals surface area contributed by atoms with Crippen LogP contribution >= 0.6 is 0 Å². The quantitative estimate of drug-likeness (QED) is 0.297. The minimum Gasteiger partial charge on any atom is -0.378 e. The first-order chi connectivity index (χ1) is 16.2. The lowest BCUT2D eigenvalue weighted by molar-refractivity contribution is -0.137. The van der Waals surface area contributed by atoms with Crippen molar-refractivity contribution in [1.29, 1.82) is 0 Å². The van der Waals surface area contributed by atoms with Crippen LogP contribution in [0.15, 0.2) is 41.3 Å². The topological polar surface area (TPSA) is 49.9 Å². The van der Waals surface area contributed by atoms with Gasteiger partial charge < -0.3 is 4.74 Å². The number of halogens is 3. The van der Waals surface area contributed by atoms with Crippen molar-refractivity contribution >= 4 is 10.0 Å². The number of hydrogen-bond donors (Lipinski definition) is 0. The third kappa shape index (κ3) is 7.80. The summed E-state index contributed by atoms with van der Waals surface area (Å²) in [5.74, 6) is 0. The number of nitrogens with zero attached hydrogens (tertiary/aromatic N) is 2. The second-order valence-corrected chi connectivity index (χ2v) is 11.3. The Labute approximate surface area is 202 Å². The van der Waals surface area contributed by atoms with Gasteiger partial charge in [0.2, 0.25) is 10.0 Å². The van der Waals surface area contributed by atoms with E-state index in [1.54, 1.807) is 0 Å². The fourth-order valence-corrected chi connectivity index (χ4v) is 6.10. The van der Waals surface area contributed by atoms with Crippen LogP contribution in [0.2, 0.25) is 0 Å². The highest BCUT2D eigenvalue weighted by atomic mass is 32.2. The van der Waals surface area contributed by atoms with Crippen LogP contribution in [0.3, 0.4) is 0 Å². The van der Waals surface area contributed by atoms with E-state index < -0.39 is 21.8 Å². The van der Waals surface area contributed by atoms with Gasteiger partial charge in [0.05, 0.1) is 16.6 Å². The summed E-state index contributed by atoms with van der Waals surface area (Å²) in [6.45, 7) is 4.15. The fraction of sp³-hybridized carbons (Fsp3) is 0.680. The summed E-state index contributed by atoms with van der Waals surface area (Å²) < 4.78 is 71.4. The van der Waals surface area contributed by atoms with E-state index in [2.05, 4.69) is 17.1 Å². The van der Waals surface area contributed by atoms with Gasteiger partial charge in [-0.1, -0.05) is 25.0 Å². The van der Waals surface area contributed by atoms with E-state index in [-0.39, 0.29) is 17.0 Å². The van der Waals surface area contributed by atoms with Gasteiger partial charge in [-0.05, 0) is 75.8 Å². The highest BCUT2D eigenvalue weighted by Gasteiger charge is 2.34. The first-order valence-corrected chi connectivity index (χ1v) is 13.8. The number of rotatable bonds is 11.